The number of rotatable bonds is 4. The number of anilines is 1. The third kappa shape index (κ3) is 2.37. The van der Waals surface area contributed by atoms with Gasteiger partial charge in [0.15, 0.2) is 0 Å². The molecule has 0 aliphatic rings. The zero-order valence-corrected chi connectivity index (χ0v) is 10.6. The van der Waals surface area contributed by atoms with E-state index in [1.807, 2.05) is 0 Å². The predicted octanol–water partition coefficient (Wildman–Crippen LogP) is 2.24. The average Bonchev–Trinajstić information content (AvgIpc) is 2.41. The van der Waals surface area contributed by atoms with E-state index in [4.69, 9.17) is 4.84 Å². The number of para-hydroxylation sites is 1. The molecular formula is C13H12NO3S. The van der Waals surface area contributed by atoms with Crippen molar-refractivity contribution >= 4 is 15.7 Å². The Morgan fingerprint density at radius 1 is 1.06 bits per heavy atom. The van der Waals surface area contributed by atoms with E-state index in [1.54, 1.807) is 48.5 Å². The second kappa shape index (κ2) is 5.20. The van der Waals surface area contributed by atoms with Crippen LogP contribution in [0, 0.1) is 6.07 Å². The second-order valence-electron chi connectivity index (χ2n) is 3.48. The molecule has 2 aromatic carbocycles. The van der Waals surface area contributed by atoms with Gasteiger partial charge in [-0.3, -0.25) is 4.84 Å². The summed E-state index contributed by atoms with van der Waals surface area (Å²) in [5.74, 6) is 0. The minimum atomic E-state index is -3.75. The van der Waals surface area contributed by atoms with Crippen molar-refractivity contribution in [3.05, 3.63) is 60.7 Å². The van der Waals surface area contributed by atoms with Gasteiger partial charge in [-0.15, -0.1) is 4.47 Å². The zero-order valence-electron chi connectivity index (χ0n) is 9.78. The van der Waals surface area contributed by atoms with Gasteiger partial charge in [0.25, 0.3) is 10.0 Å². The van der Waals surface area contributed by atoms with Crippen molar-refractivity contribution in [2.45, 2.75) is 4.90 Å². The van der Waals surface area contributed by atoms with Gasteiger partial charge in [0.2, 0.25) is 0 Å². The number of nitrogens with zero attached hydrogens (tertiary/aromatic N) is 1. The lowest BCUT2D eigenvalue weighted by molar-refractivity contribution is 0.216. The van der Waals surface area contributed by atoms with Gasteiger partial charge in [-0.05, 0) is 18.2 Å². The Balaban J connectivity index is 2.46. The number of hydrogen-bond donors (Lipinski definition) is 0. The van der Waals surface area contributed by atoms with Crippen LogP contribution >= 0.6 is 0 Å². The first kappa shape index (κ1) is 12.6. The van der Waals surface area contributed by atoms with E-state index >= 15 is 0 Å². The summed E-state index contributed by atoms with van der Waals surface area (Å²) in [5, 5.41) is 0. The Morgan fingerprint density at radius 3 is 2.28 bits per heavy atom. The monoisotopic (exact) mass is 262 g/mol. The molecule has 0 amide bonds. The van der Waals surface area contributed by atoms with Gasteiger partial charge in [-0.1, -0.05) is 36.4 Å². The Morgan fingerprint density at radius 2 is 1.72 bits per heavy atom. The van der Waals surface area contributed by atoms with Crippen LogP contribution in [0.2, 0.25) is 0 Å². The van der Waals surface area contributed by atoms with Gasteiger partial charge in [0.1, 0.15) is 0 Å². The van der Waals surface area contributed by atoms with E-state index in [1.165, 1.54) is 13.2 Å². The summed E-state index contributed by atoms with van der Waals surface area (Å²) in [4.78, 5) is 5.05. The van der Waals surface area contributed by atoms with Crippen LogP contribution in [0.1, 0.15) is 0 Å². The number of sulfonamides is 1. The first-order valence-corrected chi connectivity index (χ1v) is 6.71. The van der Waals surface area contributed by atoms with Crippen molar-refractivity contribution in [1.82, 2.24) is 0 Å². The molecule has 18 heavy (non-hydrogen) atoms. The summed E-state index contributed by atoms with van der Waals surface area (Å²) in [5.41, 5.74) is 0.442. The van der Waals surface area contributed by atoms with Gasteiger partial charge in [0.05, 0.1) is 17.7 Å². The molecular weight excluding hydrogens is 250 g/mol. The molecule has 5 heteroatoms. The van der Waals surface area contributed by atoms with E-state index in [0.29, 0.717) is 5.69 Å². The molecule has 2 aromatic rings. The molecule has 0 aliphatic carbocycles. The van der Waals surface area contributed by atoms with Crippen molar-refractivity contribution in [3.63, 3.8) is 0 Å². The second-order valence-corrected chi connectivity index (χ2v) is 5.20. The van der Waals surface area contributed by atoms with Crippen LogP contribution < -0.4 is 4.47 Å². The van der Waals surface area contributed by atoms with E-state index in [2.05, 4.69) is 6.07 Å². The largest absolute Gasteiger partial charge is 0.287 e. The minimum Gasteiger partial charge on any atom is -0.262 e. The van der Waals surface area contributed by atoms with Gasteiger partial charge in [0, 0.05) is 6.07 Å². The molecule has 93 valence electrons. The molecule has 0 bridgehead atoms. The molecule has 0 spiro atoms. The van der Waals surface area contributed by atoms with Crippen LogP contribution in [0.5, 0.6) is 0 Å². The van der Waals surface area contributed by atoms with Crippen LogP contribution in [0.15, 0.2) is 59.5 Å². The van der Waals surface area contributed by atoms with Gasteiger partial charge in [-0.2, -0.15) is 8.42 Å². The number of hydrogen-bond acceptors (Lipinski definition) is 3. The van der Waals surface area contributed by atoms with Crippen LogP contribution in [0.25, 0.3) is 0 Å². The predicted molar refractivity (Wildman–Crippen MR) is 68.4 cm³/mol. The smallest absolute Gasteiger partial charge is 0.262 e. The van der Waals surface area contributed by atoms with Gasteiger partial charge >= 0.3 is 0 Å². The van der Waals surface area contributed by atoms with E-state index < -0.39 is 10.0 Å². The maximum atomic E-state index is 12.3. The summed E-state index contributed by atoms with van der Waals surface area (Å²) >= 11 is 0. The molecule has 0 aromatic heterocycles. The lowest BCUT2D eigenvalue weighted by Crippen LogP contribution is -2.29. The molecule has 0 unspecified atom stereocenters. The van der Waals surface area contributed by atoms with Crippen molar-refractivity contribution in [2.24, 2.45) is 0 Å². The first-order valence-electron chi connectivity index (χ1n) is 5.27. The first-order chi connectivity index (χ1) is 8.66. The van der Waals surface area contributed by atoms with Crippen molar-refractivity contribution in [2.75, 3.05) is 11.6 Å². The molecule has 0 saturated carbocycles. The summed E-state index contributed by atoms with van der Waals surface area (Å²) in [6.07, 6.45) is 0. The minimum absolute atomic E-state index is 0.0655. The molecule has 0 N–H and O–H groups in total. The molecule has 2 rings (SSSR count). The fraction of sp³-hybridized carbons (Fsp3) is 0.0769. The lowest BCUT2D eigenvalue weighted by atomic mass is 10.3. The third-order valence-electron chi connectivity index (χ3n) is 2.31. The highest BCUT2D eigenvalue weighted by atomic mass is 32.2. The van der Waals surface area contributed by atoms with Crippen LogP contribution in [-0.4, -0.2) is 15.5 Å². The summed E-state index contributed by atoms with van der Waals surface area (Å²) in [6, 6.07) is 17.7. The molecule has 4 nitrogen and oxygen atoms in total. The van der Waals surface area contributed by atoms with Gasteiger partial charge < -0.3 is 0 Å². The highest BCUT2D eigenvalue weighted by Gasteiger charge is 2.24. The Hall–Kier alpha value is -1.85. The Bertz CT molecular complexity index is 597. The normalized spacial score (nSPS) is 11.2. The maximum absolute atomic E-state index is 12.3. The molecule has 0 heterocycles. The van der Waals surface area contributed by atoms with Crippen molar-refractivity contribution in [1.29, 1.82) is 0 Å². The summed E-state index contributed by atoms with van der Waals surface area (Å²) in [7, 11) is -2.44. The number of benzene rings is 2. The highest BCUT2D eigenvalue weighted by Crippen LogP contribution is 2.22. The molecule has 0 fully saturated rings. The quantitative estimate of drug-likeness (QED) is 0.794. The summed E-state index contributed by atoms with van der Waals surface area (Å²) in [6.45, 7) is 0. The fourth-order valence-corrected chi connectivity index (χ4v) is 2.76. The Labute approximate surface area is 106 Å². The fourth-order valence-electron chi connectivity index (χ4n) is 1.52. The van der Waals surface area contributed by atoms with E-state index in [9.17, 15) is 8.42 Å². The summed E-state index contributed by atoms with van der Waals surface area (Å²) < 4.78 is 25.5. The standard InChI is InChI=1S/C13H12NO3S/c1-17-14(12-8-4-2-5-9-12)18(15,16)13-10-6-3-7-11-13/h2-10H,1H3. The molecule has 0 saturated heterocycles. The molecule has 0 aliphatic heterocycles. The third-order valence-corrected chi connectivity index (χ3v) is 3.92. The van der Waals surface area contributed by atoms with E-state index in [0.717, 1.165) is 4.47 Å². The maximum Gasteiger partial charge on any atom is 0.287 e. The van der Waals surface area contributed by atoms with Gasteiger partial charge in [-0.25, -0.2) is 0 Å². The topological polar surface area (TPSA) is 46.6 Å². The lowest BCUT2D eigenvalue weighted by Gasteiger charge is -2.21. The highest BCUT2D eigenvalue weighted by molar-refractivity contribution is 7.92. The zero-order chi connectivity index (χ0) is 13.0. The molecule has 1 radical (unpaired) electrons. The van der Waals surface area contributed by atoms with Crippen molar-refractivity contribution < 1.29 is 13.3 Å². The van der Waals surface area contributed by atoms with Crippen LogP contribution in [-0.2, 0) is 14.9 Å². The Kier molecular flexibility index (Phi) is 3.64. The van der Waals surface area contributed by atoms with Crippen LogP contribution in [0.4, 0.5) is 5.69 Å². The van der Waals surface area contributed by atoms with Crippen molar-refractivity contribution in [3.8, 4) is 0 Å². The average molecular weight is 262 g/mol. The van der Waals surface area contributed by atoms with E-state index in [-0.39, 0.29) is 4.90 Å². The van der Waals surface area contributed by atoms with Crippen LogP contribution in [0.3, 0.4) is 0 Å². The molecule has 0 atom stereocenters. The SMILES string of the molecule is CON(c1ccccc1)S(=O)(=O)c1[c]cccc1.